The highest BCUT2D eigenvalue weighted by atomic mass is 16.5. The van der Waals surface area contributed by atoms with Crippen molar-refractivity contribution in [1.82, 2.24) is 19.8 Å². The van der Waals surface area contributed by atoms with E-state index in [0.717, 1.165) is 27.3 Å². The smallest absolute Gasteiger partial charge is 0.329 e. The number of hydrogen-bond donors (Lipinski definition) is 2. The van der Waals surface area contributed by atoms with Gasteiger partial charge in [-0.15, -0.1) is 0 Å². The van der Waals surface area contributed by atoms with E-state index in [-0.39, 0.29) is 78.4 Å². The van der Waals surface area contributed by atoms with Gasteiger partial charge in [-0.05, 0) is 42.9 Å². The number of nitrogens with zero attached hydrogens (tertiary/aromatic N) is 2. The van der Waals surface area contributed by atoms with Crippen molar-refractivity contribution in [3.63, 3.8) is 0 Å². The molecule has 2 amide bonds. The van der Waals surface area contributed by atoms with Gasteiger partial charge < -0.3 is 20.1 Å². The molecule has 0 fully saturated rings. The normalized spacial score (nSPS) is 12.8. The molecule has 2 N–H and O–H groups in total. The lowest BCUT2D eigenvalue weighted by Crippen LogP contribution is -2.37. The van der Waals surface area contributed by atoms with Gasteiger partial charge in [-0.3, -0.25) is 37.9 Å². The van der Waals surface area contributed by atoms with Crippen molar-refractivity contribution in [3.05, 3.63) is 66.2 Å². The lowest BCUT2D eigenvalue weighted by Gasteiger charge is -2.18. The lowest BCUT2D eigenvalue weighted by molar-refractivity contribution is -0.149. The van der Waals surface area contributed by atoms with Crippen LogP contribution in [-0.2, 0) is 28.7 Å². The van der Waals surface area contributed by atoms with Gasteiger partial charge in [-0.25, -0.2) is 9.59 Å². The number of carbonyl (C=O) groups excluding carboxylic acids is 4. The lowest BCUT2D eigenvalue weighted by atomic mass is 10.0. The molecule has 0 saturated heterocycles. The quantitative estimate of drug-likeness (QED) is 0.137. The number of carbonyl (C=O) groups is 4. The molecule has 0 aliphatic rings. The van der Waals surface area contributed by atoms with E-state index >= 15 is 0 Å². The zero-order valence-electron chi connectivity index (χ0n) is 26.0. The van der Waals surface area contributed by atoms with E-state index in [1.807, 2.05) is 0 Å². The maximum absolute atomic E-state index is 13.6. The summed E-state index contributed by atoms with van der Waals surface area (Å²) in [7, 11) is 0. The van der Waals surface area contributed by atoms with Gasteiger partial charge in [0.2, 0.25) is 11.8 Å². The molecule has 3 rings (SSSR count). The van der Waals surface area contributed by atoms with Crippen LogP contribution in [0.15, 0.2) is 44.0 Å². The Labute approximate surface area is 257 Å². The van der Waals surface area contributed by atoms with E-state index in [0.29, 0.717) is 0 Å². The number of hydrogen-bond acceptors (Lipinski definition) is 10. The highest BCUT2D eigenvalue weighted by molar-refractivity contribution is 5.98. The average Bonchev–Trinajstić information content (AvgIpc) is 3.36. The molecule has 2 atom stereocenters. The first kappa shape index (κ1) is 34.6. The van der Waals surface area contributed by atoms with Crippen molar-refractivity contribution in [2.75, 3.05) is 26.3 Å². The highest BCUT2D eigenvalue weighted by Gasteiger charge is 2.32. The molecule has 0 spiro atoms. The number of amides is 2. The first-order valence-electron chi connectivity index (χ1n) is 14.6. The number of benzene rings is 1. The monoisotopic (exact) mass is 626 g/mol. The first-order chi connectivity index (χ1) is 21.2. The van der Waals surface area contributed by atoms with Crippen molar-refractivity contribution >= 4 is 45.3 Å². The van der Waals surface area contributed by atoms with Gasteiger partial charge in [0.05, 0.1) is 34.6 Å². The fourth-order valence-corrected chi connectivity index (χ4v) is 5.05. The highest BCUT2D eigenvalue weighted by Crippen LogP contribution is 2.23. The van der Waals surface area contributed by atoms with Gasteiger partial charge in [0.25, 0.3) is 22.2 Å². The van der Waals surface area contributed by atoms with Gasteiger partial charge in [-0.2, -0.15) is 0 Å². The molecule has 3 aromatic rings. The molecule has 0 radical (unpaired) electrons. The average molecular weight is 627 g/mol. The van der Waals surface area contributed by atoms with Crippen molar-refractivity contribution in [1.29, 1.82) is 0 Å². The summed E-state index contributed by atoms with van der Waals surface area (Å²) in [6, 6.07) is -0.299. The van der Waals surface area contributed by atoms with Crippen molar-refractivity contribution in [3.8, 4) is 0 Å². The first-order valence-corrected chi connectivity index (χ1v) is 14.6. The fraction of sp³-hybridized carbons (Fsp3) is 0.484. The van der Waals surface area contributed by atoms with Crippen LogP contribution in [-0.4, -0.2) is 59.2 Å². The minimum Gasteiger partial charge on any atom is -0.462 e. The molecule has 0 aliphatic carbocycles. The summed E-state index contributed by atoms with van der Waals surface area (Å²) in [5.41, 5.74) is -3.34. The molecule has 2 unspecified atom stereocenters. The summed E-state index contributed by atoms with van der Waals surface area (Å²) < 4.78 is 12.0. The molecule has 2 aromatic heterocycles. The van der Waals surface area contributed by atoms with Gasteiger partial charge >= 0.3 is 11.9 Å². The summed E-state index contributed by atoms with van der Waals surface area (Å²) in [4.78, 5) is 103. The van der Waals surface area contributed by atoms with Gasteiger partial charge in [0.1, 0.15) is 25.3 Å². The summed E-state index contributed by atoms with van der Waals surface area (Å²) in [5, 5.41) is 4.28. The SMILES string of the molecule is C=CC(=O)NCCOC(=O)C(CC(C)C)n1c(=O)c2cc3c(=O)n(C(CC(C)C)C(=O)OCCNC(C)=O)c(=O)c3cc2c1=O. The predicted octanol–water partition coefficient (Wildman–Crippen LogP) is 0.612. The molecular formula is C31H38N4O10. The van der Waals surface area contributed by atoms with Gasteiger partial charge in [-0.1, -0.05) is 34.3 Å². The minimum atomic E-state index is -1.30. The number of rotatable bonds is 15. The van der Waals surface area contributed by atoms with E-state index in [2.05, 4.69) is 17.2 Å². The van der Waals surface area contributed by atoms with E-state index in [1.165, 1.54) is 6.92 Å². The summed E-state index contributed by atoms with van der Waals surface area (Å²) in [6.07, 6.45) is 1.22. The van der Waals surface area contributed by atoms with Crippen LogP contribution in [0.5, 0.6) is 0 Å². The third-order valence-corrected chi connectivity index (χ3v) is 7.06. The summed E-state index contributed by atoms with van der Waals surface area (Å²) >= 11 is 0. The molecule has 45 heavy (non-hydrogen) atoms. The number of esters is 2. The number of aromatic nitrogens is 2. The molecule has 0 aliphatic heterocycles. The standard InChI is InChI=1S/C31H38N4O10/c1-7-25(37)33-9-11-45-31(43)24(13-17(4)5)35-28(40)21-14-19-20(15-22(21)29(35)41)27(39)34(26(19)38)23(12-16(2)3)30(42)44-10-8-32-18(6)36/h7,14-17,23-24H,1,8-13H2,2-6H3,(H,32,36)(H,33,37). The molecule has 14 nitrogen and oxygen atoms in total. The topological polar surface area (TPSA) is 189 Å². The maximum atomic E-state index is 13.6. The van der Waals surface area contributed by atoms with Crippen LogP contribution < -0.4 is 32.9 Å². The molecule has 0 saturated carbocycles. The van der Waals surface area contributed by atoms with Crippen LogP contribution in [0.4, 0.5) is 0 Å². The van der Waals surface area contributed by atoms with Gasteiger partial charge in [0.15, 0.2) is 0 Å². The zero-order valence-corrected chi connectivity index (χ0v) is 26.0. The van der Waals surface area contributed by atoms with Crippen LogP contribution in [0.1, 0.15) is 59.5 Å². The molecule has 1 aromatic carbocycles. The maximum Gasteiger partial charge on any atom is 0.329 e. The molecule has 2 heterocycles. The number of nitrogens with one attached hydrogen (secondary N) is 2. The van der Waals surface area contributed by atoms with Crippen molar-refractivity contribution in [2.45, 2.75) is 59.5 Å². The van der Waals surface area contributed by atoms with Crippen LogP contribution in [0.25, 0.3) is 21.5 Å². The molecule has 242 valence electrons. The zero-order chi connectivity index (χ0) is 33.6. The van der Waals surface area contributed by atoms with Gasteiger partial charge in [0, 0.05) is 6.92 Å². The second-order valence-corrected chi connectivity index (χ2v) is 11.5. The predicted molar refractivity (Wildman–Crippen MR) is 166 cm³/mol. The molecule has 0 bridgehead atoms. The Bertz CT molecular complexity index is 1750. The number of ether oxygens (including phenoxy) is 2. The van der Waals surface area contributed by atoms with Crippen LogP contribution in [0.2, 0.25) is 0 Å². The van der Waals surface area contributed by atoms with E-state index < -0.39 is 52.2 Å². The third-order valence-electron chi connectivity index (χ3n) is 7.06. The largest absolute Gasteiger partial charge is 0.462 e. The Morgan fingerprint density at radius 2 is 1.07 bits per heavy atom. The Hall–Kier alpha value is -4.88. The van der Waals surface area contributed by atoms with E-state index in [4.69, 9.17) is 9.47 Å². The molecular weight excluding hydrogens is 588 g/mol. The van der Waals surface area contributed by atoms with Crippen LogP contribution in [0.3, 0.4) is 0 Å². The van der Waals surface area contributed by atoms with Crippen LogP contribution in [0, 0.1) is 11.8 Å². The van der Waals surface area contributed by atoms with Crippen LogP contribution >= 0.6 is 0 Å². The summed E-state index contributed by atoms with van der Waals surface area (Å²) in [5.74, 6) is -2.73. The van der Waals surface area contributed by atoms with Crippen molar-refractivity contribution < 1.29 is 28.7 Å². The second-order valence-electron chi connectivity index (χ2n) is 11.5. The Morgan fingerprint density at radius 1 is 0.711 bits per heavy atom. The number of fused-ring (bicyclic) bond motifs is 2. The Balaban J connectivity index is 2.07. The minimum absolute atomic E-state index is 0.0127. The van der Waals surface area contributed by atoms with Crippen molar-refractivity contribution in [2.24, 2.45) is 11.8 Å². The summed E-state index contributed by atoms with van der Waals surface area (Å²) in [6.45, 7) is 11.5. The second kappa shape index (κ2) is 14.7. The third kappa shape index (κ3) is 7.80. The Kier molecular flexibility index (Phi) is 11.3. The molecule has 14 heteroatoms. The Morgan fingerprint density at radius 3 is 1.38 bits per heavy atom. The fourth-order valence-electron chi connectivity index (χ4n) is 5.05. The van der Waals surface area contributed by atoms with E-state index in [1.54, 1.807) is 27.7 Å². The van der Waals surface area contributed by atoms with E-state index in [9.17, 15) is 38.4 Å².